The molecule has 0 unspecified atom stereocenters. The van der Waals surface area contributed by atoms with Crippen LogP contribution in [-0.4, -0.2) is 19.9 Å². The van der Waals surface area contributed by atoms with Gasteiger partial charge in [-0.2, -0.15) is 0 Å². The topological polar surface area (TPSA) is 51.6 Å². The van der Waals surface area contributed by atoms with Gasteiger partial charge in [-0.15, -0.1) is 0 Å². The van der Waals surface area contributed by atoms with Crippen LogP contribution in [0.3, 0.4) is 0 Å². The fraction of sp³-hybridized carbons (Fsp3) is 0.0137. The lowest BCUT2D eigenvalue weighted by Gasteiger charge is -2.35. The number of rotatable bonds is 8. The fourth-order valence-electron chi connectivity index (χ4n) is 12.0. The summed E-state index contributed by atoms with van der Waals surface area (Å²) in [5, 5.41) is 4.21. The van der Waals surface area contributed by atoms with E-state index in [0.717, 1.165) is 111 Å². The van der Waals surface area contributed by atoms with E-state index in [2.05, 4.69) is 267 Å². The fourth-order valence-corrected chi connectivity index (χ4v) is 12.0. The highest BCUT2D eigenvalue weighted by atomic mass is 14.8. The number of nitrogens with zero attached hydrogens (tertiary/aromatic N) is 4. The maximum atomic E-state index is 5.51. The van der Waals surface area contributed by atoms with Gasteiger partial charge in [0.05, 0.1) is 50.3 Å². The van der Waals surface area contributed by atoms with Crippen molar-refractivity contribution in [3.8, 4) is 78.4 Å². The van der Waals surface area contributed by atoms with E-state index in [4.69, 9.17) is 19.9 Å². The summed E-state index contributed by atoms with van der Waals surface area (Å²) < 4.78 is 0. The average Bonchev–Trinajstić information content (AvgIpc) is 3.82. The Kier molecular flexibility index (Phi) is 10.4. The van der Waals surface area contributed by atoms with Crippen molar-refractivity contribution in [2.75, 3.05) is 0 Å². The van der Waals surface area contributed by atoms with Crippen LogP contribution >= 0.6 is 0 Å². The summed E-state index contributed by atoms with van der Waals surface area (Å²) in [4.78, 5) is 21.6. The van der Waals surface area contributed by atoms with Crippen molar-refractivity contribution in [2.24, 2.45) is 0 Å². The van der Waals surface area contributed by atoms with Crippen LogP contribution in [-0.2, 0) is 5.41 Å². The normalized spacial score (nSPS) is 12.5. The van der Waals surface area contributed by atoms with Crippen molar-refractivity contribution in [3.05, 3.63) is 301 Å². The summed E-state index contributed by atoms with van der Waals surface area (Å²) >= 11 is 0. The van der Waals surface area contributed by atoms with Crippen molar-refractivity contribution >= 4 is 43.6 Å². The standard InChI is InChI=1S/C73H46N4/c1-5-15-47(16-6-1)55-31-37-61-62-38-32-56(48-17-7-2-8-18-48)46-64(62)73(63(61)45-55,59-25-13-23-57(43-59)67-41-35-53-29-27-51-33-39-65(49-19-9-3-10-20-49)74-69(51)71(53)76-67)60-26-14-24-58(44-60)68-42-36-54-30-28-52-34-40-66(50-21-11-4-12-22-50)75-70(52)72(54)77-68/h1-46H. The van der Waals surface area contributed by atoms with Crippen molar-refractivity contribution in [1.82, 2.24) is 19.9 Å². The maximum absolute atomic E-state index is 5.51. The van der Waals surface area contributed by atoms with Crippen LogP contribution in [0.15, 0.2) is 279 Å². The molecular weight excluding hydrogens is 933 g/mol. The summed E-state index contributed by atoms with van der Waals surface area (Å²) in [6, 6.07) is 100. The van der Waals surface area contributed by atoms with Gasteiger partial charge in [-0.1, -0.05) is 231 Å². The van der Waals surface area contributed by atoms with Gasteiger partial charge in [0.2, 0.25) is 0 Å². The van der Waals surface area contributed by atoms with E-state index >= 15 is 0 Å². The summed E-state index contributed by atoms with van der Waals surface area (Å²) in [6.07, 6.45) is 0. The van der Waals surface area contributed by atoms with E-state index in [1.165, 1.54) is 33.4 Å². The molecule has 1 aliphatic rings. The van der Waals surface area contributed by atoms with Crippen molar-refractivity contribution < 1.29 is 0 Å². The third-order valence-electron chi connectivity index (χ3n) is 15.7. The van der Waals surface area contributed by atoms with E-state index in [-0.39, 0.29) is 0 Å². The zero-order valence-corrected chi connectivity index (χ0v) is 41.8. The van der Waals surface area contributed by atoms with Crippen molar-refractivity contribution in [1.29, 1.82) is 0 Å². The average molecular weight is 979 g/mol. The summed E-state index contributed by atoms with van der Waals surface area (Å²) in [5.74, 6) is 0. The van der Waals surface area contributed by atoms with Gasteiger partial charge < -0.3 is 0 Å². The van der Waals surface area contributed by atoms with Crippen molar-refractivity contribution in [2.45, 2.75) is 5.41 Å². The quantitative estimate of drug-likeness (QED) is 0.142. The first-order chi connectivity index (χ1) is 38.1. The lowest BCUT2D eigenvalue weighted by atomic mass is 9.66. The highest BCUT2D eigenvalue weighted by Gasteiger charge is 2.47. The van der Waals surface area contributed by atoms with Crippen LogP contribution in [0.25, 0.3) is 122 Å². The Morgan fingerprint density at radius 2 is 0.506 bits per heavy atom. The van der Waals surface area contributed by atoms with Crippen LogP contribution in [0, 0.1) is 0 Å². The summed E-state index contributed by atoms with van der Waals surface area (Å²) in [7, 11) is 0. The third-order valence-corrected chi connectivity index (χ3v) is 15.7. The molecule has 77 heavy (non-hydrogen) atoms. The monoisotopic (exact) mass is 978 g/mol. The summed E-state index contributed by atoms with van der Waals surface area (Å²) in [5.41, 5.74) is 22.3. The van der Waals surface area contributed by atoms with Gasteiger partial charge in [-0.3, -0.25) is 0 Å². The van der Waals surface area contributed by atoms with Gasteiger partial charge in [-0.25, -0.2) is 19.9 Å². The lowest BCUT2D eigenvalue weighted by molar-refractivity contribution is 0.769. The zero-order chi connectivity index (χ0) is 50.9. The molecule has 15 rings (SSSR count). The molecule has 4 aromatic heterocycles. The molecule has 358 valence electrons. The Balaban J connectivity index is 0.969. The largest absolute Gasteiger partial charge is 0.245 e. The van der Waals surface area contributed by atoms with Gasteiger partial charge >= 0.3 is 0 Å². The SMILES string of the molecule is c1ccc(-c2ccc3c(c2)C(c2cccc(-c4ccc5ccc6ccc(-c7ccccc7)nc6c5n4)c2)(c2cccc(-c4ccc5ccc6ccc(-c7ccccc7)nc6c5n4)c2)c2cc(-c4ccccc4)ccc2-3)cc1. The first-order valence-electron chi connectivity index (χ1n) is 26.3. The Hall–Kier alpha value is -10.2. The minimum Gasteiger partial charge on any atom is -0.245 e. The predicted molar refractivity (Wildman–Crippen MR) is 318 cm³/mol. The molecule has 0 amide bonds. The second-order valence-electron chi connectivity index (χ2n) is 20.1. The van der Waals surface area contributed by atoms with E-state index in [1.54, 1.807) is 0 Å². The molecule has 0 radical (unpaired) electrons. The number of benzene rings is 10. The molecule has 0 saturated carbocycles. The minimum atomic E-state index is -0.794. The number of hydrogen-bond acceptors (Lipinski definition) is 4. The predicted octanol–water partition coefficient (Wildman–Crippen LogP) is 18.2. The Morgan fingerprint density at radius 1 is 0.208 bits per heavy atom. The van der Waals surface area contributed by atoms with Gasteiger partial charge in [0.1, 0.15) is 0 Å². The van der Waals surface area contributed by atoms with Gasteiger partial charge in [0.25, 0.3) is 0 Å². The Bertz CT molecular complexity index is 4310. The van der Waals surface area contributed by atoms with Crippen LogP contribution in [0.1, 0.15) is 22.3 Å². The molecule has 4 heteroatoms. The molecule has 0 N–H and O–H groups in total. The molecule has 10 aromatic carbocycles. The maximum Gasteiger partial charge on any atom is 0.0972 e. The molecule has 4 heterocycles. The molecule has 0 spiro atoms. The van der Waals surface area contributed by atoms with Gasteiger partial charge in [0.15, 0.2) is 0 Å². The second-order valence-corrected chi connectivity index (χ2v) is 20.1. The minimum absolute atomic E-state index is 0.794. The molecule has 0 bridgehead atoms. The molecule has 0 fully saturated rings. The number of aromatic nitrogens is 4. The Morgan fingerprint density at radius 3 is 0.857 bits per heavy atom. The molecular formula is C73H46N4. The number of fused-ring (bicyclic) bond motifs is 9. The van der Waals surface area contributed by atoms with E-state index < -0.39 is 5.41 Å². The van der Waals surface area contributed by atoms with Crippen LogP contribution in [0.5, 0.6) is 0 Å². The summed E-state index contributed by atoms with van der Waals surface area (Å²) in [6.45, 7) is 0. The highest BCUT2D eigenvalue weighted by molar-refractivity contribution is 6.05. The van der Waals surface area contributed by atoms with Crippen LogP contribution < -0.4 is 0 Å². The van der Waals surface area contributed by atoms with Crippen LogP contribution in [0.2, 0.25) is 0 Å². The molecule has 0 atom stereocenters. The van der Waals surface area contributed by atoms with Crippen LogP contribution in [0.4, 0.5) is 0 Å². The first-order valence-corrected chi connectivity index (χ1v) is 26.3. The number of pyridine rings is 4. The van der Waals surface area contributed by atoms with E-state index in [0.29, 0.717) is 0 Å². The molecule has 1 aliphatic carbocycles. The highest BCUT2D eigenvalue weighted by Crippen LogP contribution is 2.58. The molecule has 0 saturated heterocycles. The van der Waals surface area contributed by atoms with E-state index in [1.807, 2.05) is 12.1 Å². The molecule has 4 nitrogen and oxygen atoms in total. The Labute approximate surface area is 446 Å². The third kappa shape index (κ3) is 7.45. The van der Waals surface area contributed by atoms with E-state index in [9.17, 15) is 0 Å². The smallest absolute Gasteiger partial charge is 0.0972 e. The van der Waals surface area contributed by atoms with Gasteiger partial charge in [-0.05, 0) is 104 Å². The second kappa shape index (κ2) is 18.0. The molecule has 14 aromatic rings. The number of hydrogen-bond donors (Lipinski definition) is 0. The van der Waals surface area contributed by atoms with Crippen molar-refractivity contribution in [3.63, 3.8) is 0 Å². The van der Waals surface area contributed by atoms with Gasteiger partial charge in [0, 0.05) is 43.8 Å². The molecule has 0 aliphatic heterocycles. The zero-order valence-electron chi connectivity index (χ0n) is 41.8. The first kappa shape index (κ1) is 44.3. The lowest BCUT2D eigenvalue weighted by Crippen LogP contribution is -2.29.